The van der Waals surface area contributed by atoms with Crippen molar-refractivity contribution in [1.82, 2.24) is 14.7 Å². The summed E-state index contributed by atoms with van der Waals surface area (Å²) in [5.74, 6) is 0.806. The lowest BCUT2D eigenvalue weighted by Crippen LogP contribution is -2.56. The summed E-state index contributed by atoms with van der Waals surface area (Å²) in [6.45, 7) is 7.39. The van der Waals surface area contributed by atoms with E-state index in [9.17, 15) is 5.11 Å². The molecule has 1 aromatic heterocycles. The van der Waals surface area contributed by atoms with E-state index in [1.54, 1.807) is 0 Å². The summed E-state index contributed by atoms with van der Waals surface area (Å²) in [6.07, 6.45) is 5.60. The summed E-state index contributed by atoms with van der Waals surface area (Å²) in [7, 11) is 0. The molecule has 1 aliphatic rings. The van der Waals surface area contributed by atoms with Crippen LogP contribution in [0.1, 0.15) is 32.3 Å². The maximum Gasteiger partial charge on any atom is 0.140 e. The lowest BCUT2D eigenvalue weighted by atomic mass is 9.90. The summed E-state index contributed by atoms with van der Waals surface area (Å²) in [5, 5.41) is 15.1. The first kappa shape index (κ1) is 17.0. The zero-order valence-electron chi connectivity index (χ0n) is 14.6. The molecule has 1 fully saturated rings. The van der Waals surface area contributed by atoms with Crippen molar-refractivity contribution in [3.05, 3.63) is 48.3 Å². The Labute approximate surface area is 143 Å². The Bertz CT molecular complexity index is 639. The van der Waals surface area contributed by atoms with Crippen LogP contribution < -0.4 is 4.74 Å². The number of hydrogen-bond acceptors (Lipinski definition) is 4. The Balaban J connectivity index is 1.63. The van der Waals surface area contributed by atoms with Gasteiger partial charge in [-0.1, -0.05) is 25.1 Å². The van der Waals surface area contributed by atoms with Crippen LogP contribution in [0.25, 0.3) is 0 Å². The van der Waals surface area contributed by atoms with Gasteiger partial charge in [-0.2, -0.15) is 5.10 Å². The number of rotatable bonds is 6. The third-order valence-corrected chi connectivity index (χ3v) is 4.62. The Hall–Kier alpha value is -1.85. The maximum absolute atomic E-state index is 10.7. The average molecular weight is 329 g/mol. The molecular formula is C19H27N3O2. The smallest absolute Gasteiger partial charge is 0.140 e. The minimum atomic E-state index is -0.807. The Morgan fingerprint density at radius 2 is 2.12 bits per heavy atom. The number of ether oxygens (including phenoxy) is 1. The van der Waals surface area contributed by atoms with E-state index in [4.69, 9.17) is 4.74 Å². The Morgan fingerprint density at radius 3 is 2.88 bits per heavy atom. The first-order chi connectivity index (χ1) is 11.6. The molecule has 24 heavy (non-hydrogen) atoms. The molecule has 2 heterocycles. The van der Waals surface area contributed by atoms with Crippen LogP contribution in [-0.4, -0.2) is 44.6 Å². The summed E-state index contributed by atoms with van der Waals surface area (Å²) in [5.41, 5.74) is 0.405. The van der Waals surface area contributed by atoms with Gasteiger partial charge in [0.25, 0.3) is 0 Å². The van der Waals surface area contributed by atoms with E-state index in [2.05, 4.69) is 23.1 Å². The zero-order valence-corrected chi connectivity index (χ0v) is 14.6. The molecule has 2 aromatic rings. The number of aliphatic hydroxyl groups is 1. The monoisotopic (exact) mass is 329 g/mol. The Kier molecular flexibility index (Phi) is 5.21. The van der Waals surface area contributed by atoms with Crippen molar-refractivity contribution in [2.45, 2.75) is 51.5 Å². The topological polar surface area (TPSA) is 50.5 Å². The SMILES string of the molecule is CCCn1cc(CN2CC[C@@](C)(O)[C@H](Oc3ccccc3)C2)cn1. The van der Waals surface area contributed by atoms with Crippen LogP contribution in [0.4, 0.5) is 0 Å². The van der Waals surface area contributed by atoms with Gasteiger partial charge in [0, 0.05) is 37.9 Å². The van der Waals surface area contributed by atoms with E-state index in [-0.39, 0.29) is 6.10 Å². The number of benzene rings is 1. The number of para-hydroxylation sites is 1. The van der Waals surface area contributed by atoms with Gasteiger partial charge in [0.15, 0.2) is 0 Å². The molecule has 2 atom stereocenters. The van der Waals surface area contributed by atoms with Gasteiger partial charge in [-0.05, 0) is 31.9 Å². The van der Waals surface area contributed by atoms with Gasteiger partial charge in [0.2, 0.25) is 0 Å². The van der Waals surface area contributed by atoms with E-state index in [0.29, 0.717) is 13.0 Å². The molecule has 1 aromatic carbocycles. The molecule has 5 nitrogen and oxygen atoms in total. The quantitative estimate of drug-likeness (QED) is 0.885. The molecule has 0 saturated carbocycles. The largest absolute Gasteiger partial charge is 0.486 e. The number of aromatic nitrogens is 2. The third-order valence-electron chi connectivity index (χ3n) is 4.62. The van der Waals surface area contributed by atoms with Crippen LogP contribution in [-0.2, 0) is 13.1 Å². The molecule has 0 unspecified atom stereocenters. The highest BCUT2D eigenvalue weighted by Gasteiger charge is 2.39. The molecule has 3 rings (SSSR count). The van der Waals surface area contributed by atoms with Crippen LogP contribution >= 0.6 is 0 Å². The highest BCUT2D eigenvalue weighted by molar-refractivity contribution is 5.22. The van der Waals surface area contributed by atoms with E-state index in [0.717, 1.165) is 31.8 Å². The predicted molar refractivity (Wildman–Crippen MR) is 93.9 cm³/mol. The van der Waals surface area contributed by atoms with E-state index in [1.807, 2.05) is 48.1 Å². The number of likely N-dealkylation sites (tertiary alicyclic amines) is 1. The van der Waals surface area contributed by atoms with Gasteiger partial charge < -0.3 is 9.84 Å². The van der Waals surface area contributed by atoms with Gasteiger partial charge in [0.1, 0.15) is 17.5 Å². The van der Waals surface area contributed by atoms with Gasteiger partial charge >= 0.3 is 0 Å². The first-order valence-corrected chi connectivity index (χ1v) is 8.74. The van der Waals surface area contributed by atoms with Crippen molar-refractivity contribution in [2.24, 2.45) is 0 Å². The minimum Gasteiger partial charge on any atom is -0.486 e. The molecule has 1 N–H and O–H groups in total. The predicted octanol–water partition coefficient (Wildman–Crippen LogP) is 2.70. The molecular weight excluding hydrogens is 302 g/mol. The fraction of sp³-hybridized carbons (Fsp3) is 0.526. The first-order valence-electron chi connectivity index (χ1n) is 8.74. The molecule has 1 saturated heterocycles. The second kappa shape index (κ2) is 7.36. The number of nitrogens with zero attached hydrogens (tertiary/aromatic N) is 3. The van der Waals surface area contributed by atoms with E-state index >= 15 is 0 Å². The van der Waals surface area contributed by atoms with Crippen molar-refractivity contribution in [3.63, 3.8) is 0 Å². The van der Waals surface area contributed by atoms with Crippen molar-refractivity contribution in [2.75, 3.05) is 13.1 Å². The molecule has 0 amide bonds. The summed E-state index contributed by atoms with van der Waals surface area (Å²) in [6, 6.07) is 9.74. The van der Waals surface area contributed by atoms with Crippen LogP contribution in [0.3, 0.4) is 0 Å². The van der Waals surface area contributed by atoms with Crippen molar-refractivity contribution in [1.29, 1.82) is 0 Å². The highest BCUT2D eigenvalue weighted by Crippen LogP contribution is 2.27. The molecule has 0 radical (unpaired) electrons. The average Bonchev–Trinajstić information content (AvgIpc) is 2.99. The van der Waals surface area contributed by atoms with E-state index < -0.39 is 5.60 Å². The van der Waals surface area contributed by atoms with Gasteiger partial charge in [-0.25, -0.2) is 0 Å². The van der Waals surface area contributed by atoms with Gasteiger partial charge in [-0.3, -0.25) is 9.58 Å². The van der Waals surface area contributed by atoms with Crippen molar-refractivity contribution < 1.29 is 9.84 Å². The second-order valence-corrected chi connectivity index (χ2v) is 6.87. The van der Waals surface area contributed by atoms with Crippen LogP contribution in [0.15, 0.2) is 42.7 Å². The van der Waals surface area contributed by atoms with Crippen molar-refractivity contribution in [3.8, 4) is 5.75 Å². The Morgan fingerprint density at radius 1 is 1.33 bits per heavy atom. The molecule has 0 spiro atoms. The summed E-state index contributed by atoms with van der Waals surface area (Å²) >= 11 is 0. The highest BCUT2D eigenvalue weighted by atomic mass is 16.5. The molecule has 1 aliphatic heterocycles. The number of piperidine rings is 1. The molecule has 5 heteroatoms. The summed E-state index contributed by atoms with van der Waals surface area (Å²) < 4.78 is 8.06. The summed E-state index contributed by atoms with van der Waals surface area (Å²) in [4.78, 5) is 2.33. The van der Waals surface area contributed by atoms with Crippen LogP contribution in [0.2, 0.25) is 0 Å². The number of aryl methyl sites for hydroxylation is 1. The fourth-order valence-corrected chi connectivity index (χ4v) is 3.14. The number of hydrogen-bond donors (Lipinski definition) is 1. The maximum atomic E-state index is 10.7. The lowest BCUT2D eigenvalue weighted by molar-refractivity contribution is -0.0964. The third kappa shape index (κ3) is 4.16. The standard InChI is InChI=1S/C19H27N3O2/c1-3-10-22-14-16(12-20-22)13-21-11-9-19(2,23)18(15-21)24-17-7-5-4-6-8-17/h4-8,12,14,18,23H,3,9-11,13,15H2,1-2H3/t18-,19-/m1/s1. The molecule has 0 bridgehead atoms. The van der Waals surface area contributed by atoms with Gasteiger partial charge in [-0.15, -0.1) is 0 Å². The van der Waals surface area contributed by atoms with Crippen LogP contribution in [0.5, 0.6) is 5.75 Å². The molecule has 130 valence electrons. The van der Waals surface area contributed by atoms with Gasteiger partial charge in [0.05, 0.1) is 6.20 Å². The normalized spacial score (nSPS) is 24.9. The minimum absolute atomic E-state index is 0.237. The van der Waals surface area contributed by atoms with Crippen molar-refractivity contribution >= 4 is 0 Å². The van der Waals surface area contributed by atoms with Crippen LogP contribution in [0, 0.1) is 0 Å². The lowest BCUT2D eigenvalue weighted by Gasteiger charge is -2.42. The zero-order chi connectivity index (χ0) is 17.0. The second-order valence-electron chi connectivity index (χ2n) is 6.87. The molecule has 0 aliphatic carbocycles. The van der Waals surface area contributed by atoms with E-state index in [1.165, 1.54) is 5.56 Å². The fourth-order valence-electron chi connectivity index (χ4n) is 3.14.